The number of nitrogens with one attached hydrogen (secondary N) is 3. The van der Waals surface area contributed by atoms with E-state index in [1.54, 1.807) is 27.7 Å². The first-order valence-electron chi connectivity index (χ1n) is 10.3. The van der Waals surface area contributed by atoms with E-state index in [4.69, 9.17) is 20.0 Å². The number of amides is 1. The Bertz CT molecular complexity index is 1080. The zero-order chi connectivity index (χ0) is 25.5. The quantitative estimate of drug-likeness (QED) is 0.0961. The van der Waals surface area contributed by atoms with Gasteiger partial charge in [0.15, 0.2) is 0 Å². The number of anilines is 2. The smallest absolute Gasteiger partial charge is 0.412 e. The van der Waals surface area contributed by atoms with Crippen LogP contribution < -0.4 is 15.1 Å². The number of benzene rings is 1. The highest BCUT2D eigenvalue weighted by molar-refractivity contribution is 14.2. The minimum Gasteiger partial charge on any atom is -0.477 e. The van der Waals surface area contributed by atoms with Gasteiger partial charge in [-0.1, -0.05) is 0 Å². The van der Waals surface area contributed by atoms with E-state index in [2.05, 4.69) is 15.4 Å². The number of hydrogen-bond acceptors (Lipinski definition) is 8. The van der Waals surface area contributed by atoms with Crippen molar-refractivity contribution >= 4 is 57.9 Å². The first kappa shape index (κ1) is 27.9. The number of aromatic nitrogens is 1. The van der Waals surface area contributed by atoms with Crippen molar-refractivity contribution in [1.29, 1.82) is 5.41 Å². The molecule has 4 N–H and O–H groups in total. The van der Waals surface area contributed by atoms with Gasteiger partial charge in [-0.05, 0) is 67.9 Å². The van der Waals surface area contributed by atoms with Crippen molar-refractivity contribution in [2.45, 2.75) is 39.7 Å². The van der Waals surface area contributed by atoms with E-state index in [1.165, 1.54) is 12.1 Å². The number of pyridine rings is 1. The molecule has 0 aliphatic rings. The third kappa shape index (κ3) is 7.31. The van der Waals surface area contributed by atoms with Crippen LogP contribution in [0, 0.1) is 18.2 Å². The molecule has 1 heterocycles. The van der Waals surface area contributed by atoms with Crippen LogP contribution in [0.3, 0.4) is 0 Å². The molecule has 9 nitrogen and oxygen atoms in total. The molecule has 0 saturated carbocycles. The largest absolute Gasteiger partial charge is 0.477 e. The van der Waals surface area contributed by atoms with E-state index in [0.717, 1.165) is 12.3 Å². The van der Waals surface area contributed by atoms with Crippen LogP contribution in [0.15, 0.2) is 18.2 Å². The van der Waals surface area contributed by atoms with Crippen LogP contribution in [0.5, 0.6) is 5.88 Å². The maximum Gasteiger partial charge on any atom is 0.412 e. The highest BCUT2D eigenvalue weighted by Gasteiger charge is 2.25. The second-order valence-corrected chi connectivity index (χ2v) is 10.2. The lowest BCUT2D eigenvalue weighted by atomic mass is 9.98. The van der Waals surface area contributed by atoms with Gasteiger partial charge in [0.1, 0.15) is 17.1 Å². The van der Waals surface area contributed by atoms with Gasteiger partial charge in [0.05, 0.1) is 18.0 Å². The van der Waals surface area contributed by atoms with Crippen molar-refractivity contribution < 1.29 is 28.6 Å². The summed E-state index contributed by atoms with van der Waals surface area (Å²) in [7, 11) is 0. The Morgan fingerprint density at radius 1 is 1.35 bits per heavy atom. The number of halogens is 2. The Labute approximate surface area is 212 Å². The first-order valence-corrected chi connectivity index (χ1v) is 14.4. The number of rotatable bonds is 10. The summed E-state index contributed by atoms with van der Waals surface area (Å²) in [5.41, 5.74) is -0.192. The maximum absolute atomic E-state index is 14.4. The molecule has 1 atom stereocenters. The molecule has 12 heteroatoms. The van der Waals surface area contributed by atoms with Gasteiger partial charge in [0.2, 0.25) is 11.7 Å². The fourth-order valence-electron chi connectivity index (χ4n) is 2.90. The van der Waals surface area contributed by atoms with Gasteiger partial charge >= 0.3 is 6.09 Å². The predicted molar refractivity (Wildman–Crippen MR) is 140 cm³/mol. The van der Waals surface area contributed by atoms with Crippen LogP contribution in [0.2, 0.25) is 0 Å². The third-order valence-electron chi connectivity index (χ3n) is 4.31. The van der Waals surface area contributed by atoms with Crippen LogP contribution in [0.4, 0.5) is 20.6 Å². The standard InChI is InChI=1S/C22H27FIN4O5P/c1-12-10-16(26-21(31)33-22(2,3)4)18(27-20(12)32-9-5-8-29)19(30)13-6-7-15(23)17(28-34-24)14(13)11-25/h6-7,10-11,25,28-29,34H,5,8-9H2,1-4H3,(H,26,31). The first-order chi connectivity index (χ1) is 16.0. The van der Waals surface area contributed by atoms with Crippen LogP contribution in [-0.2, 0) is 4.74 Å². The molecular formula is C22H27FIN4O5P. The lowest BCUT2D eigenvalue weighted by Crippen LogP contribution is -2.28. The number of aliphatic hydroxyl groups is 1. The second kappa shape index (κ2) is 12.4. The molecule has 0 aliphatic carbocycles. The molecule has 2 aromatic rings. The summed E-state index contributed by atoms with van der Waals surface area (Å²) in [6, 6.07) is 3.93. The van der Waals surface area contributed by atoms with Gasteiger partial charge in [-0.3, -0.25) is 10.1 Å². The van der Waals surface area contributed by atoms with E-state index in [0.29, 0.717) is 12.0 Å². The summed E-state index contributed by atoms with van der Waals surface area (Å²) < 4.78 is 25.3. The Morgan fingerprint density at radius 3 is 2.65 bits per heavy atom. The maximum atomic E-state index is 14.4. The fraction of sp³-hybridized carbons (Fsp3) is 0.364. The number of carbonyl (C=O) groups is 2. The Kier molecular flexibility index (Phi) is 10.1. The van der Waals surface area contributed by atoms with E-state index < -0.39 is 23.3 Å². The summed E-state index contributed by atoms with van der Waals surface area (Å²) in [6.07, 6.45) is 0.584. The molecule has 0 bridgehead atoms. The summed E-state index contributed by atoms with van der Waals surface area (Å²) >= 11 is 2.02. The average Bonchev–Trinajstić information content (AvgIpc) is 2.75. The molecule has 1 amide bonds. The lowest BCUT2D eigenvalue weighted by Gasteiger charge is -2.21. The zero-order valence-electron chi connectivity index (χ0n) is 19.2. The van der Waals surface area contributed by atoms with E-state index >= 15 is 0 Å². The van der Waals surface area contributed by atoms with Crippen molar-refractivity contribution in [3.63, 3.8) is 0 Å². The highest BCUT2D eigenvalue weighted by Crippen LogP contribution is 2.33. The Balaban J connectivity index is 2.61. The van der Waals surface area contributed by atoms with Crippen molar-refractivity contribution in [1.82, 2.24) is 4.98 Å². The lowest BCUT2D eigenvalue weighted by molar-refractivity contribution is 0.0635. The van der Waals surface area contributed by atoms with Gasteiger partial charge < -0.3 is 25.1 Å². The van der Waals surface area contributed by atoms with Crippen molar-refractivity contribution in [3.8, 4) is 5.88 Å². The van der Waals surface area contributed by atoms with Crippen molar-refractivity contribution in [2.75, 3.05) is 23.6 Å². The SMILES string of the molecule is Cc1cc(NC(=O)OC(C)(C)C)c(C(=O)c2ccc(F)c(NPI)c2C=N)nc1OCCCO. The van der Waals surface area contributed by atoms with Gasteiger partial charge in [-0.15, -0.1) is 0 Å². The van der Waals surface area contributed by atoms with E-state index in [1.807, 2.05) is 22.0 Å². The number of ether oxygens (including phenoxy) is 2. The molecule has 34 heavy (non-hydrogen) atoms. The molecule has 1 aromatic heterocycles. The van der Waals surface area contributed by atoms with Gasteiger partial charge in [-0.2, -0.15) is 0 Å². The monoisotopic (exact) mass is 604 g/mol. The second-order valence-electron chi connectivity index (χ2n) is 8.14. The molecule has 0 aliphatic heterocycles. The van der Waals surface area contributed by atoms with Gasteiger partial charge in [-0.25, -0.2) is 14.2 Å². The molecular weight excluding hydrogens is 577 g/mol. The topological polar surface area (TPSA) is 134 Å². The van der Waals surface area contributed by atoms with Crippen LogP contribution in [0.1, 0.15) is 54.4 Å². The zero-order valence-corrected chi connectivity index (χ0v) is 22.4. The summed E-state index contributed by atoms with van der Waals surface area (Å²) in [4.78, 5) is 30.3. The van der Waals surface area contributed by atoms with Crippen LogP contribution in [-0.4, -0.2) is 47.0 Å². The molecule has 0 saturated heterocycles. The Hall–Kier alpha value is -2.37. The number of hydrogen-bond donors (Lipinski definition) is 4. The molecule has 0 radical (unpaired) electrons. The molecule has 1 aromatic carbocycles. The van der Waals surface area contributed by atoms with Gasteiger partial charge in [0, 0.05) is 42.3 Å². The van der Waals surface area contributed by atoms with Crippen LogP contribution in [0.25, 0.3) is 0 Å². The summed E-state index contributed by atoms with van der Waals surface area (Å²) in [5.74, 6) is -1.09. The molecule has 0 spiro atoms. The Morgan fingerprint density at radius 2 is 2.06 bits per heavy atom. The summed E-state index contributed by atoms with van der Waals surface area (Å²) in [6.45, 7) is 6.91. The molecule has 1 unspecified atom stereocenters. The number of ketones is 1. The minimum absolute atomic E-state index is 0.0263. The minimum atomic E-state index is -0.781. The number of aryl methyl sites for hydroxylation is 1. The van der Waals surface area contributed by atoms with Crippen molar-refractivity contribution in [2.24, 2.45) is 0 Å². The number of carbonyl (C=O) groups excluding carboxylic acids is 2. The predicted octanol–water partition coefficient (Wildman–Crippen LogP) is 5.22. The molecule has 2 rings (SSSR count). The number of nitrogens with zero attached hydrogens (tertiary/aromatic N) is 1. The van der Waals surface area contributed by atoms with Gasteiger partial charge in [0.25, 0.3) is 0 Å². The van der Waals surface area contributed by atoms with E-state index in [9.17, 15) is 14.0 Å². The number of aliphatic hydroxyl groups excluding tert-OH is 1. The van der Waals surface area contributed by atoms with Crippen molar-refractivity contribution in [3.05, 3.63) is 46.4 Å². The van der Waals surface area contributed by atoms with E-state index in [-0.39, 0.29) is 53.7 Å². The van der Waals surface area contributed by atoms with Crippen LogP contribution >= 0.6 is 28.4 Å². The highest BCUT2D eigenvalue weighted by atomic mass is 127. The fourth-order valence-corrected chi connectivity index (χ4v) is 4.06. The third-order valence-corrected chi connectivity index (χ3v) is 5.47. The molecule has 0 fully saturated rings. The summed E-state index contributed by atoms with van der Waals surface area (Å²) in [5, 5.41) is 22.2. The normalized spacial score (nSPS) is 11.4. The average molecular weight is 604 g/mol. The molecule has 184 valence electrons.